The van der Waals surface area contributed by atoms with Gasteiger partial charge in [0, 0.05) is 28.4 Å². The first-order valence-corrected chi connectivity index (χ1v) is 9.44. The predicted molar refractivity (Wildman–Crippen MR) is 111 cm³/mol. The molecule has 9 nitrogen and oxygen atoms in total. The molecule has 1 aromatic heterocycles. The highest BCUT2D eigenvalue weighted by molar-refractivity contribution is 9.10. The van der Waals surface area contributed by atoms with E-state index in [4.69, 9.17) is 4.74 Å². The number of nitrogens with one attached hydrogen (secondary N) is 1. The standard InChI is InChI=1S/C20H15BrN4O5/c1-12-10-23-17(11-22-12)20(27)30-18(13-5-3-2-4-6-13)19(26)24-16-8-7-14(25(28)29)9-15(16)21/h2-11,18H,1H3,(H,24,26)/t18-/m1/s1. The minimum absolute atomic E-state index is 0.0363. The Morgan fingerprint density at radius 3 is 2.47 bits per heavy atom. The Labute approximate surface area is 179 Å². The summed E-state index contributed by atoms with van der Waals surface area (Å²) in [4.78, 5) is 43.7. The molecule has 0 fully saturated rings. The number of non-ortho nitro benzene ring substituents is 1. The molecular formula is C20H15BrN4O5. The monoisotopic (exact) mass is 470 g/mol. The van der Waals surface area contributed by atoms with Gasteiger partial charge in [-0.05, 0) is 28.9 Å². The van der Waals surface area contributed by atoms with E-state index in [9.17, 15) is 19.7 Å². The van der Waals surface area contributed by atoms with E-state index >= 15 is 0 Å². The molecule has 1 N–H and O–H groups in total. The van der Waals surface area contributed by atoms with E-state index in [1.165, 1.54) is 30.6 Å². The Morgan fingerprint density at radius 1 is 1.13 bits per heavy atom. The summed E-state index contributed by atoms with van der Waals surface area (Å²) in [6.45, 7) is 1.73. The lowest BCUT2D eigenvalue weighted by Crippen LogP contribution is -2.26. The Kier molecular flexibility index (Phi) is 6.48. The van der Waals surface area contributed by atoms with Crippen LogP contribution in [0.1, 0.15) is 27.8 Å². The van der Waals surface area contributed by atoms with Crippen molar-refractivity contribution in [2.75, 3.05) is 5.32 Å². The van der Waals surface area contributed by atoms with Gasteiger partial charge in [0.2, 0.25) is 6.10 Å². The first-order chi connectivity index (χ1) is 14.3. The maximum Gasteiger partial charge on any atom is 0.359 e. The largest absolute Gasteiger partial charge is 0.443 e. The number of carbonyl (C=O) groups excluding carboxylic acids is 2. The number of halogens is 1. The molecule has 0 aliphatic carbocycles. The number of benzene rings is 2. The lowest BCUT2D eigenvalue weighted by atomic mass is 10.1. The molecule has 0 unspecified atom stereocenters. The van der Waals surface area contributed by atoms with Crippen LogP contribution in [0, 0.1) is 17.0 Å². The highest BCUT2D eigenvalue weighted by Gasteiger charge is 2.27. The topological polar surface area (TPSA) is 124 Å². The predicted octanol–water partition coefficient (Wildman–Crippen LogP) is 3.99. The van der Waals surface area contributed by atoms with Crippen molar-refractivity contribution in [2.45, 2.75) is 13.0 Å². The molecule has 30 heavy (non-hydrogen) atoms. The molecule has 1 amide bonds. The van der Waals surface area contributed by atoms with Crippen LogP contribution in [-0.4, -0.2) is 26.8 Å². The molecule has 0 bridgehead atoms. The molecule has 10 heteroatoms. The van der Waals surface area contributed by atoms with Crippen LogP contribution in [-0.2, 0) is 9.53 Å². The molecule has 0 aliphatic heterocycles. The average molecular weight is 471 g/mol. The molecule has 1 heterocycles. The molecule has 152 valence electrons. The highest BCUT2D eigenvalue weighted by Crippen LogP contribution is 2.29. The van der Waals surface area contributed by atoms with Crippen molar-refractivity contribution in [1.82, 2.24) is 9.97 Å². The van der Waals surface area contributed by atoms with Crippen LogP contribution >= 0.6 is 15.9 Å². The summed E-state index contributed by atoms with van der Waals surface area (Å²) in [5.74, 6) is -1.45. The minimum Gasteiger partial charge on any atom is -0.443 e. The third-order valence-electron chi connectivity index (χ3n) is 3.98. The van der Waals surface area contributed by atoms with Crippen LogP contribution in [0.2, 0.25) is 0 Å². The molecule has 1 atom stereocenters. The molecule has 0 spiro atoms. The van der Waals surface area contributed by atoms with E-state index in [0.717, 1.165) is 0 Å². The number of anilines is 1. The number of nitro groups is 1. The van der Waals surface area contributed by atoms with Gasteiger partial charge in [0.15, 0.2) is 5.69 Å². The maximum atomic E-state index is 12.9. The van der Waals surface area contributed by atoms with Gasteiger partial charge in [-0.2, -0.15) is 0 Å². The molecule has 3 aromatic rings. The second kappa shape index (κ2) is 9.23. The number of hydrogen-bond acceptors (Lipinski definition) is 7. The zero-order valence-electron chi connectivity index (χ0n) is 15.6. The number of amides is 1. The summed E-state index contributed by atoms with van der Waals surface area (Å²) in [5.41, 5.74) is 1.20. The zero-order valence-corrected chi connectivity index (χ0v) is 17.2. The van der Waals surface area contributed by atoms with Crippen molar-refractivity contribution in [1.29, 1.82) is 0 Å². The summed E-state index contributed by atoms with van der Waals surface area (Å²) >= 11 is 3.20. The van der Waals surface area contributed by atoms with Crippen LogP contribution in [0.15, 0.2) is 65.4 Å². The Hall–Kier alpha value is -3.66. The second-order valence-electron chi connectivity index (χ2n) is 6.15. The number of aromatic nitrogens is 2. The quantitative estimate of drug-likeness (QED) is 0.327. The molecule has 0 radical (unpaired) electrons. The number of aryl methyl sites for hydroxylation is 1. The fraction of sp³-hybridized carbons (Fsp3) is 0.100. The van der Waals surface area contributed by atoms with Gasteiger partial charge < -0.3 is 10.1 Å². The third-order valence-corrected chi connectivity index (χ3v) is 4.63. The van der Waals surface area contributed by atoms with E-state index in [1.807, 2.05) is 0 Å². The van der Waals surface area contributed by atoms with Crippen molar-refractivity contribution >= 4 is 39.2 Å². The molecule has 0 aliphatic rings. The van der Waals surface area contributed by atoms with Crippen LogP contribution in [0.3, 0.4) is 0 Å². The summed E-state index contributed by atoms with van der Waals surface area (Å²) in [6.07, 6.45) is 1.41. The lowest BCUT2D eigenvalue weighted by molar-refractivity contribution is -0.384. The van der Waals surface area contributed by atoms with Gasteiger partial charge in [-0.25, -0.2) is 9.78 Å². The van der Waals surface area contributed by atoms with Crippen LogP contribution < -0.4 is 5.32 Å². The van der Waals surface area contributed by atoms with Gasteiger partial charge in [0.1, 0.15) is 0 Å². The van der Waals surface area contributed by atoms with Crippen molar-refractivity contribution in [3.05, 3.63) is 92.5 Å². The highest BCUT2D eigenvalue weighted by atomic mass is 79.9. The van der Waals surface area contributed by atoms with Crippen molar-refractivity contribution in [3.63, 3.8) is 0 Å². The molecule has 0 saturated heterocycles. The van der Waals surface area contributed by atoms with Gasteiger partial charge in [-0.15, -0.1) is 0 Å². The minimum atomic E-state index is -1.27. The number of hydrogen-bond donors (Lipinski definition) is 1. The van der Waals surface area contributed by atoms with Gasteiger partial charge in [-0.1, -0.05) is 30.3 Å². The first kappa shape index (κ1) is 21.1. The Balaban J connectivity index is 1.85. The van der Waals surface area contributed by atoms with Crippen molar-refractivity contribution in [2.24, 2.45) is 0 Å². The summed E-state index contributed by atoms with van der Waals surface area (Å²) in [5, 5.41) is 13.5. The van der Waals surface area contributed by atoms with Gasteiger partial charge in [0.25, 0.3) is 11.6 Å². The van der Waals surface area contributed by atoms with E-state index in [-0.39, 0.29) is 17.1 Å². The maximum absolute atomic E-state index is 12.9. The van der Waals surface area contributed by atoms with E-state index in [0.29, 0.717) is 15.7 Å². The fourth-order valence-electron chi connectivity index (χ4n) is 2.48. The van der Waals surface area contributed by atoms with E-state index < -0.39 is 22.9 Å². The molecule has 0 saturated carbocycles. The first-order valence-electron chi connectivity index (χ1n) is 8.64. The SMILES string of the molecule is Cc1cnc(C(=O)O[C@@H](C(=O)Nc2ccc([N+](=O)[O-])cc2Br)c2ccccc2)cn1. The van der Waals surface area contributed by atoms with Crippen LogP contribution in [0.4, 0.5) is 11.4 Å². The average Bonchev–Trinajstić information content (AvgIpc) is 2.74. The normalized spacial score (nSPS) is 11.4. The second-order valence-corrected chi connectivity index (χ2v) is 7.00. The number of carbonyl (C=O) groups is 2. The van der Waals surface area contributed by atoms with Crippen molar-refractivity contribution < 1.29 is 19.2 Å². The van der Waals surface area contributed by atoms with Gasteiger partial charge in [-0.3, -0.25) is 19.9 Å². The molecule has 2 aromatic carbocycles. The zero-order chi connectivity index (χ0) is 21.7. The smallest absolute Gasteiger partial charge is 0.359 e. The number of ether oxygens (including phenoxy) is 1. The Morgan fingerprint density at radius 2 is 1.87 bits per heavy atom. The number of nitro benzene ring substituents is 1. The Bertz CT molecular complexity index is 1090. The van der Waals surface area contributed by atoms with Crippen molar-refractivity contribution in [3.8, 4) is 0 Å². The third kappa shape index (κ3) is 5.03. The van der Waals surface area contributed by atoms with E-state index in [2.05, 4.69) is 31.2 Å². The number of rotatable bonds is 6. The van der Waals surface area contributed by atoms with Gasteiger partial charge >= 0.3 is 5.97 Å². The van der Waals surface area contributed by atoms with Crippen LogP contribution in [0.25, 0.3) is 0 Å². The number of nitrogens with zero attached hydrogens (tertiary/aromatic N) is 3. The molecular weight excluding hydrogens is 456 g/mol. The van der Waals surface area contributed by atoms with E-state index in [1.54, 1.807) is 37.3 Å². The fourth-order valence-corrected chi connectivity index (χ4v) is 2.95. The molecule has 3 rings (SSSR count). The number of esters is 1. The summed E-state index contributed by atoms with van der Waals surface area (Å²) in [7, 11) is 0. The summed E-state index contributed by atoms with van der Waals surface area (Å²) < 4.78 is 5.73. The lowest BCUT2D eigenvalue weighted by Gasteiger charge is -2.18. The van der Waals surface area contributed by atoms with Gasteiger partial charge in [0.05, 0.1) is 22.5 Å². The van der Waals surface area contributed by atoms with Crippen LogP contribution in [0.5, 0.6) is 0 Å². The summed E-state index contributed by atoms with van der Waals surface area (Å²) in [6, 6.07) is 12.4.